The van der Waals surface area contributed by atoms with Gasteiger partial charge in [0.2, 0.25) is 0 Å². The molecule has 3 aliphatic rings. The van der Waals surface area contributed by atoms with Gasteiger partial charge in [-0.05, 0) is 131 Å². The third-order valence-corrected chi connectivity index (χ3v) is 14.2. The normalized spacial score (nSPS) is 15.7. The molecule has 0 saturated carbocycles. The first kappa shape index (κ1) is 41.8. The molecular formula is C63H58N2. The van der Waals surface area contributed by atoms with Crippen molar-refractivity contribution in [2.24, 2.45) is 0 Å². The fraction of sp³-hybridized carbons (Fsp3) is 0.175. The van der Waals surface area contributed by atoms with E-state index in [4.69, 9.17) is 0 Å². The maximum Gasteiger partial charge on any atom is 0.0473 e. The number of fused-ring (bicyclic) bond motifs is 4. The van der Waals surface area contributed by atoms with Crippen molar-refractivity contribution in [1.29, 1.82) is 0 Å². The molecule has 1 heterocycles. The lowest BCUT2D eigenvalue weighted by molar-refractivity contribution is 0.598. The van der Waals surface area contributed by atoms with E-state index in [-0.39, 0.29) is 17.4 Å². The molecule has 1 N–H and O–H groups in total. The van der Waals surface area contributed by atoms with Gasteiger partial charge in [-0.15, -0.1) is 0 Å². The van der Waals surface area contributed by atoms with E-state index in [0.717, 1.165) is 31.4 Å². The Morgan fingerprint density at radius 2 is 1.37 bits per heavy atom. The average Bonchev–Trinajstić information content (AvgIpc) is 3.57. The highest BCUT2D eigenvalue weighted by molar-refractivity contribution is 6.12. The Kier molecular flexibility index (Phi) is 11.4. The molecule has 0 radical (unpaired) electrons. The molecule has 0 amide bonds. The fourth-order valence-corrected chi connectivity index (χ4v) is 10.7. The minimum Gasteiger partial charge on any atom is -0.354 e. The van der Waals surface area contributed by atoms with Crippen LogP contribution in [-0.2, 0) is 5.41 Å². The second kappa shape index (κ2) is 17.8. The number of nitrogens with zero attached hydrogens (tertiary/aromatic N) is 1. The predicted octanol–water partition coefficient (Wildman–Crippen LogP) is 17.3. The number of benzene rings is 7. The van der Waals surface area contributed by atoms with Crippen molar-refractivity contribution < 1.29 is 0 Å². The molecule has 320 valence electrons. The zero-order valence-corrected chi connectivity index (χ0v) is 38.2. The van der Waals surface area contributed by atoms with Crippen LogP contribution in [0, 0.1) is 0 Å². The van der Waals surface area contributed by atoms with Crippen LogP contribution in [0.4, 0.5) is 17.1 Å². The maximum absolute atomic E-state index is 3.95. The predicted molar refractivity (Wildman–Crippen MR) is 280 cm³/mol. The highest BCUT2D eigenvalue weighted by atomic mass is 15.1. The molecule has 2 unspecified atom stereocenters. The van der Waals surface area contributed by atoms with Crippen LogP contribution in [0.25, 0.3) is 49.7 Å². The topological polar surface area (TPSA) is 15.3 Å². The molecule has 7 aromatic carbocycles. The molecule has 0 spiro atoms. The number of nitrogens with one attached hydrogen (secondary N) is 1. The third-order valence-electron chi connectivity index (χ3n) is 14.2. The molecule has 0 bridgehead atoms. The van der Waals surface area contributed by atoms with Crippen LogP contribution >= 0.6 is 0 Å². The molecule has 0 saturated heterocycles. The summed E-state index contributed by atoms with van der Waals surface area (Å²) in [6.45, 7) is 13.0. The summed E-state index contributed by atoms with van der Waals surface area (Å²) in [5.41, 5.74) is 21.1. The first-order chi connectivity index (χ1) is 31.8. The van der Waals surface area contributed by atoms with Gasteiger partial charge in [0.15, 0.2) is 0 Å². The van der Waals surface area contributed by atoms with Gasteiger partial charge in [0.1, 0.15) is 0 Å². The summed E-state index contributed by atoms with van der Waals surface area (Å²) in [6, 6.07) is 57.1. The standard InChI is InChI=1S/C63H58N2/c1-6-8-10-16-37-65(43(3)18-9-7-2)52-34-36-60-57(42-52)54-23-17-21-50-40-51(41-61(64-60)62(50)54)55(38-44-25-35-59-56(39-44)53-22-14-15-24-58(53)63(59,4)5)49-32-30-48(31-33-49)47-28-26-46(27-29-47)45-19-12-11-13-20-45/h6-17,19-24,26-34,36-37,39-43,55,64H,1,18,25,35,38H2,2-5H3/b9-7-,10-8-,37-16+. The monoisotopic (exact) mass is 842 g/mol. The van der Waals surface area contributed by atoms with Gasteiger partial charge in [-0.25, -0.2) is 0 Å². The number of rotatable bonds is 13. The van der Waals surface area contributed by atoms with Gasteiger partial charge >= 0.3 is 0 Å². The fourth-order valence-electron chi connectivity index (χ4n) is 10.7. The van der Waals surface area contributed by atoms with E-state index in [0.29, 0.717) is 0 Å². The number of hydrogen-bond acceptors (Lipinski definition) is 2. The summed E-state index contributed by atoms with van der Waals surface area (Å²) in [7, 11) is 0. The van der Waals surface area contributed by atoms with E-state index in [1.165, 1.54) is 88.9 Å². The van der Waals surface area contributed by atoms with Crippen molar-refractivity contribution in [2.45, 2.75) is 70.8 Å². The summed E-state index contributed by atoms with van der Waals surface area (Å²) >= 11 is 0. The zero-order chi connectivity index (χ0) is 44.5. The Morgan fingerprint density at radius 3 is 2.12 bits per heavy atom. The average molecular weight is 843 g/mol. The Morgan fingerprint density at radius 1 is 0.662 bits per heavy atom. The summed E-state index contributed by atoms with van der Waals surface area (Å²) in [4.78, 5) is 2.38. The molecule has 0 aromatic heterocycles. The molecule has 7 aromatic rings. The molecule has 2 aliphatic carbocycles. The zero-order valence-electron chi connectivity index (χ0n) is 38.2. The Hall–Kier alpha value is -7.16. The molecule has 10 rings (SSSR count). The molecule has 1 aliphatic heterocycles. The van der Waals surface area contributed by atoms with Crippen LogP contribution in [0.2, 0.25) is 0 Å². The summed E-state index contributed by atoms with van der Waals surface area (Å²) < 4.78 is 0. The van der Waals surface area contributed by atoms with Gasteiger partial charge < -0.3 is 10.2 Å². The number of hydrogen-bond donors (Lipinski definition) is 1. The maximum atomic E-state index is 3.95. The first-order valence-electron chi connectivity index (χ1n) is 23.4. The van der Waals surface area contributed by atoms with E-state index in [2.05, 4.69) is 227 Å². The second-order valence-corrected chi connectivity index (χ2v) is 18.5. The van der Waals surface area contributed by atoms with Gasteiger partial charge in [-0.3, -0.25) is 0 Å². The lowest BCUT2D eigenvalue weighted by Gasteiger charge is -2.30. The van der Waals surface area contributed by atoms with Gasteiger partial charge in [0, 0.05) is 51.6 Å². The minimum absolute atomic E-state index is 0.0618. The molecular weight excluding hydrogens is 785 g/mol. The van der Waals surface area contributed by atoms with Crippen LogP contribution in [0.15, 0.2) is 218 Å². The van der Waals surface area contributed by atoms with Crippen LogP contribution in [0.1, 0.15) is 81.5 Å². The molecule has 65 heavy (non-hydrogen) atoms. The van der Waals surface area contributed by atoms with Crippen molar-refractivity contribution in [3.05, 3.63) is 240 Å². The SMILES string of the molecule is C=C/C=C\C=C\N(c1ccc2c(c1)-c1cccc3cc(C(CC4=CC5=C(CC4)C(C)(C)c4ccccc45)c4ccc(-c5ccc(-c6ccccc6)cc5)cc4)cc(c13)N2)C(C)C/C=C\C. The van der Waals surface area contributed by atoms with E-state index < -0.39 is 0 Å². The molecule has 2 heteroatoms. The lowest BCUT2D eigenvalue weighted by atomic mass is 9.76. The van der Waals surface area contributed by atoms with Gasteiger partial charge in [0.05, 0.1) is 0 Å². The largest absolute Gasteiger partial charge is 0.354 e. The van der Waals surface area contributed by atoms with E-state index in [9.17, 15) is 0 Å². The van der Waals surface area contributed by atoms with Crippen molar-refractivity contribution >= 4 is 33.4 Å². The van der Waals surface area contributed by atoms with Crippen LogP contribution in [0.5, 0.6) is 0 Å². The Balaban J connectivity index is 1.03. The molecule has 2 atom stereocenters. The van der Waals surface area contributed by atoms with Crippen LogP contribution in [-0.4, -0.2) is 6.04 Å². The van der Waals surface area contributed by atoms with Crippen molar-refractivity contribution in [3.63, 3.8) is 0 Å². The first-order valence-corrected chi connectivity index (χ1v) is 23.4. The van der Waals surface area contributed by atoms with E-state index in [1.54, 1.807) is 5.57 Å². The smallest absolute Gasteiger partial charge is 0.0473 e. The van der Waals surface area contributed by atoms with Crippen molar-refractivity contribution in [3.8, 4) is 33.4 Å². The van der Waals surface area contributed by atoms with Crippen molar-refractivity contribution in [1.82, 2.24) is 0 Å². The van der Waals surface area contributed by atoms with Gasteiger partial charge in [-0.2, -0.15) is 0 Å². The second-order valence-electron chi connectivity index (χ2n) is 18.5. The highest BCUT2D eigenvalue weighted by Crippen LogP contribution is 2.53. The van der Waals surface area contributed by atoms with E-state index >= 15 is 0 Å². The van der Waals surface area contributed by atoms with Crippen molar-refractivity contribution in [2.75, 3.05) is 10.2 Å². The quantitative estimate of drug-likeness (QED) is 0.0919. The van der Waals surface area contributed by atoms with Crippen LogP contribution < -0.4 is 10.2 Å². The lowest BCUT2D eigenvalue weighted by Crippen LogP contribution is -2.27. The van der Waals surface area contributed by atoms with Gasteiger partial charge in [-0.1, -0.05) is 195 Å². The molecule has 2 nitrogen and oxygen atoms in total. The summed E-state index contributed by atoms with van der Waals surface area (Å²) in [5.74, 6) is 0.173. The number of allylic oxidation sites excluding steroid dienone is 9. The van der Waals surface area contributed by atoms with Crippen LogP contribution in [0.3, 0.4) is 0 Å². The Labute approximate surface area is 386 Å². The number of anilines is 3. The van der Waals surface area contributed by atoms with Gasteiger partial charge in [0.25, 0.3) is 0 Å². The third kappa shape index (κ3) is 8.04. The summed E-state index contributed by atoms with van der Waals surface area (Å²) in [6.07, 6.45) is 21.2. The Bertz CT molecular complexity index is 3060. The highest BCUT2D eigenvalue weighted by Gasteiger charge is 2.38. The summed E-state index contributed by atoms with van der Waals surface area (Å²) in [5, 5.41) is 6.50. The minimum atomic E-state index is 0.0618. The molecule has 0 fully saturated rings. The van der Waals surface area contributed by atoms with E-state index in [1.807, 2.05) is 18.2 Å².